The molecule has 1 aliphatic heterocycles. The van der Waals surface area contributed by atoms with Gasteiger partial charge in [0.05, 0.1) is 10.6 Å². The number of hydrogen-bond acceptors (Lipinski definition) is 3. The van der Waals surface area contributed by atoms with Crippen molar-refractivity contribution in [1.29, 1.82) is 0 Å². The van der Waals surface area contributed by atoms with Crippen molar-refractivity contribution in [2.75, 3.05) is 18.8 Å². The van der Waals surface area contributed by atoms with Gasteiger partial charge in [-0.05, 0) is 23.8 Å². The Morgan fingerprint density at radius 2 is 2.21 bits per heavy atom. The van der Waals surface area contributed by atoms with Gasteiger partial charge in [-0.25, -0.2) is 4.98 Å². The number of pyridine rings is 1. The molecule has 0 aliphatic carbocycles. The van der Waals surface area contributed by atoms with Crippen LogP contribution in [0.4, 0.5) is 5.82 Å². The molecule has 5 heteroatoms. The van der Waals surface area contributed by atoms with E-state index in [1.807, 2.05) is 4.90 Å². The molecular formula is C14H20ClN3O. The standard InChI is InChI=1S/C14H20ClN3O/c1-14(2,3)10-4-5-18(8-10)13(19)9-6-11(15)12(16)17-7-9/h6-7,10H,4-5,8H2,1-3H3,(H2,16,17). The largest absolute Gasteiger partial charge is 0.382 e. The van der Waals surface area contributed by atoms with Crippen LogP contribution in [-0.2, 0) is 0 Å². The average molecular weight is 282 g/mol. The Balaban J connectivity index is 2.11. The third-order valence-electron chi connectivity index (χ3n) is 3.82. The van der Waals surface area contributed by atoms with Crippen LogP contribution < -0.4 is 5.73 Å². The van der Waals surface area contributed by atoms with Crippen LogP contribution in [0.3, 0.4) is 0 Å². The van der Waals surface area contributed by atoms with Gasteiger partial charge >= 0.3 is 0 Å². The highest BCUT2D eigenvalue weighted by Crippen LogP contribution is 2.34. The van der Waals surface area contributed by atoms with E-state index < -0.39 is 0 Å². The lowest BCUT2D eigenvalue weighted by Crippen LogP contribution is -2.31. The van der Waals surface area contributed by atoms with E-state index in [0.717, 1.165) is 19.5 Å². The summed E-state index contributed by atoms with van der Waals surface area (Å²) in [4.78, 5) is 18.2. The van der Waals surface area contributed by atoms with E-state index in [0.29, 0.717) is 16.5 Å². The van der Waals surface area contributed by atoms with Gasteiger partial charge in [-0.15, -0.1) is 0 Å². The van der Waals surface area contributed by atoms with Crippen LogP contribution in [0, 0.1) is 11.3 Å². The maximum Gasteiger partial charge on any atom is 0.255 e. The molecule has 1 saturated heterocycles. The molecule has 0 aromatic carbocycles. The zero-order valence-electron chi connectivity index (χ0n) is 11.6. The van der Waals surface area contributed by atoms with E-state index in [-0.39, 0.29) is 17.1 Å². The number of hydrogen-bond donors (Lipinski definition) is 1. The van der Waals surface area contributed by atoms with Gasteiger partial charge in [-0.2, -0.15) is 0 Å². The van der Waals surface area contributed by atoms with Crippen molar-refractivity contribution < 1.29 is 4.79 Å². The summed E-state index contributed by atoms with van der Waals surface area (Å²) >= 11 is 5.91. The molecule has 0 radical (unpaired) electrons. The first-order valence-electron chi connectivity index (χ1n) is 6.49. The smallest absolute Gasteiger partial charge is 0.255 e. The van der Waals surface area contributed by atoms with E-state index >= 15 is 0 Å². The third kappa shape index (κ3) is 3.00. The van der Waals surface area contributed by atoms with Crippen molar-refractivity contribution >= 4 is 23.3 Å². The Hall–Kier alpha value is -1.29. The van der Waals surface area contributed by atoms with E-state index in [1.165, 1.54) is 6.20 Å². The second kappa shape index (κ2) is 5.00. The SMILES string of the molecule is CC(C)(C)C1CCN(C(=O)c2cnc(N)c(Cl)c2)C1. The fourth-order valence-corrected chi connectivity index (χ4v) is 2.57. The van der Waals surface area contributed by atoms with Crippen molar-refractivity contribution in [3.8, 4) is 0 Å². The molecule has 1 aromatic heterocycles. The normalized spacial score (nSPS) is 19.8. The highest BCUT2D eigenvalue weighted by molar-refractivity contribution is 6.33. The Kier molecular flexibility index (Phi) is 3.72. The lowest BCUT2D eigenvalue weighted by molar-refractivity contribution is 0.0776. The van der Waals surface area contributed by atoms with Crippen LogP contribution in [-0.4, -0.2) is 28.9 Å². The molecule has 1 atom stereocenters. The van der Waals surface area contributed by atoms with Crippen LogP contribution in [0.15, 0.2) is 12.3 Å². The predicted molar refractivity (Wildman–Crippen MR) is 77.1 cm³/mol. The fourth-order valence-electron chi connectivity index (χ4n) is 2.40. The van der Waals surface area contributed by atoms with Gasteiger partial charge in [0.2, 0.25) is 0 Å². The van der Waals surface area contributed by atoms with Gasteiger partial charge in [0.1, 0.15) is 5.82 Å². The fraction of sp³-hybridized carbons (Fsp3) is 0.571. The number of aromatic nitrogens is 1. The molecule has 19 heavy (non-hydrogen) atoms. The summed E-state index contributed by atoms with van der Waals surface area (Å²) in [6, 6.07) is 1.59. The summed E-state index contributed by atoms with van der Waals surface area (Å²) < 4.78 is 0. The number of carbonyl (C=O) groups excluding carboxylic acids is 1. The van der Waals surface area contributed by atoms with Crippen molar-refractivity contribution in [2.24, 2.45) is 11.3 Å². The number of amides is 1. The maximum atomic E-state index is 12.4. The van der Waals surface area contributed by atoms with Crippen molar-refractivity contribution in [1.82, 2.24) is 9.88 Å². The van der Waals surface area contributed by atoms with Crippen LogP contribution in [0.2, 0.25) is 5.02 Å². The summed E-state index contributed by atoms with van der Waals surface area (Å²) in [5.74, 6) is 0.780. The molecule has 0 bridgehead atoms. The number of anilines is 1. The molecule has 1 amide bonds. The van der Waals surface area contributed by atoms with Crippen molar-refractivity contribution in [3.05, 3.63) is 22.8 Å². The predicted octanol–water partition coefficient (Wildman–Crippen LogP) is 2.83. The minimum absolute atomic E-state index is 0.0128. The minimum Gasteiger partial charge on any atom is -0.382 e. The highest BCUT2D eigenvalue weighted by Gasteiger charge is 2.34. The van der Waals surface area contributed by atoms with E-state index in [1.54, 1.807) is 6.07 Å². The summed E-state index contributed by atoms with van der Waals surface area (Å²) in [5, 5.41) is 0.331. The number of nitrogens with zero attached hydrogens (tertiary/aromatic N) is 2. The molecule has 2 rings (SSSR count). The minimum atomic E-state index is -0.0128. The number of nitrogen functional groups attached to an aromatic ring is 1. The molecule has 1 aromatic rings. The van der Waals surface area contributed by atoms with Gasteiger partial charge in [-0.1, -0.05) is 32.4 Å². The number of likely N-dealkylation sites (tertiary alicyclic amines) is 1. The number of halogens is 1. The molecule has 0 saturated carbocycles. The zero-order valence-corrected chi connectivity index (χ0v) is 12.4. The van der Waals surface area contributed by atoms with Gasteiger partial charge < -0.3 is 10.6 Å². The molecule has 4 nitrogen and oxygen atoms in total. The molecule has 2 N–H and O–H groups in total. The van der Waals surface area contributed by atoms with Gasteiger partial charge in [-0.3, -0.25) is 4.79 Å². The second-order valence-electron chi connectivity index (χ2n) is 6.19. The second-order valence-corrected chi connectivity index (χ2v) is 6.60. The molecule has 0 spiro atoms. The first-order valence-corrected chi connectivity index (χ1v) is 6.87. The number of carbonyl (C=O) groups is 1. The Bertz CT molecular complexity index is 496. The molecule has 1 fully saturated rings. The zero-order chi connectivity index (χ0) is 14.2. The van der Waals surface area contributed by atoms with E-state index in [2.05, 4.69) is 25.8 Å². The monoisotopic (exact) mass is 281 g/mol. The quantitative estimate of drug-likeness (QED) is 0.861. The Labute approximate surface area is 118 Å². The molecule has 1 unspecified atom stereocenters. The Morgan fingerprint density at radius 1 is 1.53 bits per heavy atom. The molecule has 1 aliphatic rings. The molecule has 104 valence electrons. The van der Waals surface area contributed by atoms with E-state index in [9.17, 15) is 4.79 Å². The lowest BCUT2D eigenvalue weighted by Gasteiger charge is -2.27. The average Bonchev–Trinajstić information content (AvgIpc) is 2.81. The Morgan fingerprint density at radius 3 is 2.74 bits per heavy atom. The van der Waals surface area contributed by atoms with Crippen LogP contribution in [0.1, 0.15) is 37.6 Å². The first kappa shape index (κ1) is 14.1. The van der Waals surface area contributed by atoms with Crippen molar-refractivity contribution in [2.45, 2.75) is 27.2 Å². The summed E-state index contributed by atoms with van der Waals surface area (Å²) in [5.41, 5.74) is 6.29. The van der Waals surface area contributed by atoms with Gasteiger partial charge in [0.25, 0.3) is 5.91 Å². The lowest BCUT2D eigenvalue weighted by atomic mass is 9.80. The summed E-state index contributed by atoms with van der Waals surface area (Å²) in [6.07, 6.45) is 2.54. The number of rotatable bonds is 1. The molecule has 2 heterocycles. The van der Waals surface area contributed by atoms with Gasteiger partial charge in [0, 0.05) is 19.3 Å². The number of nitrogens with two attached hydrogens (primary N) is 1. The summed E-state index contributed by atoms with van der Waals surface area (Å²) in [7, 11) is 0. The van der Waals surface area contributed by atoms with Crippen molar-refractivity contribution in [3.63, 3.8) is 0 Å². The maximum absolute atomic E-state index is 12.4. The third-order valence-corrected chi connectivity index (χ3v) is 4.12. The van der Waals surface area contributed by atoms with Crippen LogP contribution >= 0.6 is 11.6 Å². The van der Waals surface area contributed by atoms with Crippen LogP contribution in [0.5, 0.6) is 0 Å². The van der Waals surface area contributed by atoms with Gasteiger partial charge in [0.15, 0.2) is 0 Å². The van der Waals surface area contributed by atoms with Crippen LogP contribution in [0.25, 0.3) is 0 Å². The first-order chi connectivity index (χ1) is 8.79. The van der Waals surface area contributed by atoms with E-state index in [4.69, 9.17) is 17.3 Å². The highest BCUT2D eigenvalue weighted by atomic mass is 35.5. The topological polar surface area (TPSA) is 59.2 Å². The molecular weight excluding hydrogens is 262 g/mol. The summed E-state index contributed by atoms with van der Waals surface area (Å²) in [6.45, 7) is 8.24.